The van der Waals surface area contributed by atoms with Crippen LogP contribution in [0.3, 0.4) is 0 Å². The van der Waals surface area contributed by atoms with Gasteiger partial charge in [-0.05, 0) is 24.3 Å². The summed E-state index contributed by atoms with van der Waals surface area (Å²) in [6.45, 7) is 6.88. The zero-order valence-corrected chi connectivity index (χ0v) is 9.33. The molecule has 0 spiro atoms. The van der Waals surface area contributed by atoms with Gasteiger partial charge in [0.05, 0.1) is 6.26 Å². The van der Waals surface area contributed by atoms with Crippen molar-refractivity contribution in [3.05, 3.63) is 49.2 Å². The van der Waals surface area contributed by atoms with Crippen LogP contribution >= 0.6 is 0 Å². The van der Waals surface area contributed by atoms with E-state index in [1.807, 2.05) is 0 Å². The molecule has 0 aliphatic heterocycles. The molecule has 0 unspecified atom stereocenters. The summed E-state index contributed by atoms with van der Waals surface area (Å²) in [5.41, 5.74) is 0.557. The minimum absolute atomic E-state index is 0.133. The summed E-state index contributed by atoms with van der Waals surface area (Å²) < 4.78 is 9.16. The van der Waals surface area contributed by atoms with Crippen molar-refractivity contribution < 1.29 is 28.8 Å². The van der Waals surface area contributed by atoms with Crippen LogP contribution < -0.4 is 4.74 Å². The molecule has 18 heavy (non-hydrogen) atoms. The van der Waals surface area contributed by atoms with E-state index in [-0.39, 0.29) is 18.0 Å². The molecule has 0 radical (unpaired) electrons. The van der Waals surface area contributed by atoms with Gasteiger partial charge < -0.3 is 9.47 Å². The number of carbonyl (C=O) groups excluding carboxylic acids is 2. The second-order valence-electron chi connectivity index (χ2n) is 2.86. The Morgan fingerprint density at radius 2 is 1.89 bits per heavy atom. The van der Waals surface area contributed by atoms with Crippen LogP contribution in [0.25, 0.3) is 5.76 Å². The Hall–Kier alpha value is -2.76. The highest BCUT2D eigenvalue weighted by atomic mass is 17.2. The van der Waals surface area contributed by atoms with Crippen LogP contribution in [0.5, 0.6) is 5.75 Å². The summed E-state index contributed by atoms with van der Waals surface area (Å²) in [5, 5.41) is 0. The third-order valence-corrected chi connectivity index (χ3v) is 1.75. The van der Waals surface area contributed by atoms with Gasteiger partial charge in [-0.1, -0.05) is 13.2 Å². The molecule has 1 rings (SSSR count). The highest BCUT2D eigenvalue weighted by Gasteiger charge is 2.06. The van der Waals surface area contributed by atoms with Gasteiger partial charge in [0.2, 0.25) is 0 Å². The summed E-state index contributed by atoms with van der Waals surface area (Å²) in [7, 11) is 0. The van der Waals surface area contributed by atoms with Gasteiger partial charge in [-0.25, -0.2) is 4.79 Å². The average molecular weight is 250 g/mol. The van der Waals surface area contributed by atoms with E-state index in [0.717, 1.165) is 6.26 Å². The second-order valence-corrected chi connectivity index (χ2v) is 2.86. The van der Waals surface area contributed by atoms with Crippen LogP contribution in [0.15, 0.2) is 43.7 Å². The van der Waals surface area contributed by atoms with Crippen LogP contribution in [0.1, 0.15) is 5.56 Å². The first kappa shape index (κ1) is 13.3. The fourth-order valence-corrected chi connectivity index (χ4v) is 1.02. The summed E-state index contributed by atoms with van der Waals surface area (Å²) in [5.74, 6) is 0.414. The number of hydrogen-bond donors (Lipinski definition) is 0. The molecule has 0 atom stereocenters. The molecule has 6 heteroatoms. The van der Waals surface area contributed by atoms with Crippen molar-refractivity contribution >= 4 is 18.4 Å². The highest BCUT2D eigenvalue weighted by molar-refractivity contribution is 5.65. The molecule has 0 aliphatic rings. The van der Waals surface area contributed by atoms with E-state index in [1.165, 1.54) is 12.1 Å². The van der Waals surface area contributed by atoms with E-state index in [4.69, 9.17) is 4.74 Å². The maximum absolute atomic E-state index is 11.0. The highest BCUT2D eigenvalue weighted by Crippen LogP contribution is 2.18. The van der Waals surface area contributed by atoms with Crippen molar-refractivity contribution in [3.8, 4) is 5.75 Å². The molecular formula is C12H10O6. The Morgan fingerprint density at radius 1 is 1.22 bits per heavy atom. The number of rotatable bonds is 6. The number of ether oxygens (including phenoxy) is 2. The van der Waals surface area contributed by atoms with E-state index in [2.05, 4.69) is 27.7 Å². The Balaban J connectivity index is 2.62. The molecule has 1 aromatic carbocycles. The van der Waals surface area contributed by atoms with Crippen molar-refractivity contribution in [2.45, 2.75) is 0 Å². The van der Waals surface area contributed by atoms with Crippen LogP contribution in [-0.4, -0.2) is 12.6 Å². The molecule has 0 fully saturated rings. The molecule has 0 saturated carbocycles. The molecule has 6 nitrogen and oxygen atoms in total. The van der Waals surface area contributed by atoms with Gasteiger partial charge in [-0.2, -0.15) is 0 Å². The molecule has 0 aromatic heterocycles. The first-order valence-electron chi connectivity index (χ1n) is 4.73. The predicted octanol–water partition coefficient (Wildman–Crippen LogP) is 2.42. The number of carbonyl (C=O) groups is 2. The fourth-order valence-electron chi connectivity index (χ4n) is 1.02. The summed E-state index contributed by atoms with van der Waals surface area (Å²) in [6, 6.07) is 6.12. The standard InChI is InChI=1S/C12H10O6/c1-3-15-12(14)17-11-6-4-10(5-7-11)9(2)18-16-8-13/h3-8H,1-2H2. The Morgan fingerprint density at radius 3 is 2.44 bits per heavy atom. The van der Waals surface area contributed by atoms with Crippen LogP contribution in [-0.2, 0) is 19.3 Å². The molecule has 94 valence electrons. The SMILES string of the molecule is C=COC(=O)Oc1ccc(C(=C)OOC=O)cc1. The summed E-state index contributed by atoms with van der Waals surface area (Å²) >= 11 is 0. The van der Waals surface area contributed by atoms with Crippen LogP contribution in [0.2, 0.25) is 0 Å². The van der Waals surface area contributed by atoms with Gasteiger partial charge >= 0.3 is 12.6 Å². The first-order valence-corrected chi connectivity index (χ1v) is 4.73. The van der Waals surface area contributed by atoms with Crippen molar-refractivity contribution in [2.75, 3.05) is 0 Å². The quantitative estimate of drug-likeness (QED) is 0.193. The lowest BCUT2D eigenvalue weighted by Gasteiger charge is -2.05. The minimum atomic E-state index is -0.892. The first-order chi connectivity index (χ1) is 8.67. The van der Waals surface area contributed by atoms with E-state index in [0.29, 0.717) is 5.56 Å². The maximum Gasteiger partial charge on any atom is 0.518 e. The van der Waals surface area contributed by atoms with Gasteiger partial charge in [0.15, 0.2) is 5.76 Å². The average Bonchev–Trinajstić information content (AvgIpc) is 2.37. The topological polar surface area (TPSA) is 71.1 Å². The molecule has 0 heterocycles. The molecule has 0 bridgehead atoms. The number of benzene rings is 1. The van der Waals surface area contributed by atoms with Crippen molar-refractivity contribution in [2.24, 2.45) is 0 Å². The molecule has 0 N–H and O–H groups in total. The van der Waals surface area contributed by atoms with Crippen molar-refractivity contribution in [1.29, 1.82) is 0 Å². The lowest BCUT2D eigenvalue weighted by atomic mass is 10.2. The molecular weight excluding hydrogens is 240 g/mol. The Kier molecular flexibility index (Phi) is 4.98. The van der Waals surface area contributed by atoms with Crippen molar-refractivity contribution in [1.82, 2.24) is 0 Å². The predicted molar refractivity (Wildman–Crippen MR) is 61.0 cm³/mol. The van der Waals surface area contributed by atoms with Gasteiger partial charge in [-0.15, -0.1) is 0 Å². The third-order valence-electron chi connectivity index (χ3n) is 1.75. The Labute approximate surface area is 103 Å². The monoisotopic (exact) mass is 250 g/mol. The van der Waals surface area contributed by atoms with Gasteiger partial charge in [0.25, 0.3) is 0 Å². The van der Waals surface area contributed by atoms with E-state index >= 15 is 0 Å². The van der Waals surface area contributed by atoms with Crippen LogP contribution in [0.4, 0.5) is 4.79 Å². The van der Waals surface area contributed by atoms with Gasteiger partial charge in [-0.3, -0.25) is 14.6 Å². The lowest BCUT2D eigenvalue weighted by molar-refractivity contribution is -0.212. The molecule has 0 amide bonds. The van der Waals surface area contributed by atoms with Crippen LogP contribution in [0, 0.1) is 0 Å². The van der Waals surface area contributed by atoms with Gasteiger partial charge in [0, 0.05) is 5.56 Å². The lowest BCUT2D eigenvalue weighted by Crippen LogP contribution is -2.06. The molecule has 0 aliphatic carbocycles. The smallest absolute Gasteiger partial charge is 0.403 e. The van der Waals surface area contributed by atoms with E-state index in [1.54, 1.807) is 12.1 Å². The molecule has 1 aromatic rings. The summed E-state index contributed by atoms with van der Waals surface area (Å²) in [6.07, 6.45) is 0.0699. The van der Waals surface area contributed by atoms with E-state index < -0.39 is 6.16 Å². The zero-order chi connectivity index (χ0) is 13.4. The Bertz CT molecular complexity index is 448. The second kappa shape index (κ2) is 6.74. The van der Waals surface area contributed by atoms with E-state index in [9.17, 15) is 9.59 Å². The van der Waals surface area contributed by atoms with Gasteiger partial charge in [0.1, 0.15) is 5.75 Å². The largest absolute Gasteiger partial charge is 0.518 e. The maximum atomic E-state index is 11.0. The normalized spacial score (nSPS) is 8.89. The fraction of sp³-hybridized carbons (Fsp3) is 0. The zero-order valence-electron chi connectivity index (χ0n) is 9.33. The minimum Gasteiger partial charge on any atom is -0.403 e. The summed E-state index contributed by atoms with van der Waals surface area (Å²) in [4.78, 5) is 29.5. The number of hydrogen-bond acceptors (Lipinski definition) is 6. The third kappa shape index (κ3) is 4.01. The molecule has 0 saturated heterocycles. The van der Waals surface area contributed by atoms with Crippen molar-refractivity contribution in [3.63, 3.8) is 0 Å².